The second-order valence-electron chi connectivity index (χ2n) is 4.54. The van der Waals surface area contributed by atoms with Crippen LogP contribution in [0.3, 0.4) is 0 Å². The van der Waals surface area contributed by atoms with Crippen LogP contribution in [-0.4, -0.2) is 20.2 Å². The lowest BCUT2D eigenvalue weighted by Crippen LogP contribution is -2.13. The smallest absolute Gasteiger partial charge is 0.115 e. The molecule has 0 atom stereocenters. The maximum absolute atomic E-state index is 5.51. The van der Waals surface area contributed by atoms with Crippen LogP contribution in [0.2, 0.25) is 0 Å². The number of para-hydroxylation sites is 2. The molecule has 1 aromatic carbocycles. The Morgan fingerprint density at radius 2 is 1.95 bits per heavy atom. The van der Waals surface area contributed by atoms with Crippen molar-refractivity contribution in [3.63, 3.8) is 0 Å². The van der Waals surface area contributed by atoms with Gasteiger partial charge in [-0.15, -0.1) is 12.4 Å². The van der Waals surface area contributed by atoms with Gasteiger partial charge < -0.3 is 10.4 Å². The fraction of sp³-hybridized carbons (Fsp3) is 0.133. The standard InChI is InChI=1S/C15H15N5.ClH/c1-20-14-8-3-2-7-12(14)18-15(20)10-13(19-16)11-6-4-5-9-17-11;/h2-9H,10,16H2,1H3;1H. The molecule has 0 saturated carbocycles. The molecule has 3 rings (SSSR count). The highest BCUT2D eigenvalue weighted by Crippen LogP contribution is 2.15. The molecule has 2 aromatic heterocycles. The Hall–Kier alpha value is -2.40. The number of nitrogens with two attached hydrogens (primary N) is 1. The minimum atomic E-state index is 0. The zero-order chi connectivity index (χ0) is 13.9. The summed E-state index contributed by atoms with van der Waals surface area (Å²) in [6.45, 7) is 0. The van der Waals surface area contributed by atoms with Crippen LogP contribution in [0.5, 0.6) is 0 Å². The summed E-state index contributed by atoms with van der Waals surface area (Å²) in [4.78, 5) is 8.91. The van der Waals surface area contributed by atoms with Gasteiger partial charge in [-0.1, -0.05) is 18.2 Å². The van der Waals surface area contributed by atoms with Crippen molar-refractivity contribution >= 4 is 29.2 Å². The molecule has 0 spiro atoms. The van der Waals surface area contributed by atoms with Crippen molar-refractivity contribution in [2.45, 2.75) is 6.42 Å². The van der Waals surface area contributed by atoms with Gasteiger partial charge in [-0.3, -0.25) is 4.98 Å². The Labute approximate surface area is 128 Å². The summed E-state index contributed by atoms with van der Waals surface area (Å²) >= 11 is 0. The van der Waals surface area contributed by atoms with Gasteiger partial charge in [0, 0.05) is 13.2 Å². The summed E-state index contributed by atoms with van der Waals surface area (Å²) in [5.74, 6) is 6.43. The lowest BCUT2D eigenvalue weighted by molar-refractivity contribution is 0.861. The number of pyridine rings is 1. The average molecular weight is 302 g/mol. The molecule has 0 bridgehead atoms. The third-order valence-electron chi connectivity index (χ3n) is 3.32. The van der Waals surface area contributed by atoms with Crippen molar-refractivity contribution in [3.05, 3.63) is 60.2 Å². The van der Waals surface area contributed by atoms with Gasteiger partial charge in [-0.2, -0.15) is 5.10 Å². The Kier molecular flexibility index (Phi) is 4.55. The van der Waals surface area contributed by atoms with Gasteiger partial charge in [0.1, 0.15) is 5.82 Å². The largest absolute Gasteiger partial charge is 0.331 e. The highest BCUT2D eigenvalue weighted by molar-refractivity contribution is 6.00. The number of benzene rings is 1. The van der Waals surface area contributed by atoms with E-state index in [1.807, 2.05) is 49.5 Å². The number of halogens is 1. The molecule has 108 valence electrons. The monoisotopic (exact) mass is 301 g/mol. The van der Waals surface area contributed by atoms with E-state index in [9.17, 15) is 0 Å². The molecule has 21 heavy (non-hydrogen) atoms. The molecule has 0 saturated heterocycles. The lowest BCUT2D eigenvalue weighted by Gasteiger charge is -2.05. The SMILES string of the molecule is Cl.Cn1c(CC(=NN)c2ccccn2)nc2ccccc21. The maximum atomic E-state index is 5.51. The van der Waals surface area contributed by atoms with Crippen molar-refractivity contribution < 1.29 is 0 Å². The van der Waals surface area contributed by atoms with Crippen LogP contribution in [0.25, 0.3) is 11.0 Å². The summed E-state index contributed by atoms with van der Waals surface area (Å²) in [6.07, 6.45) is 2.29. The first-order valence-corrected chi connectivity index (χ1v) is 6.38. The van der Waals surface area contributed by atoms with Crippen molar-refractivity contribution in [1.29, 1.82) is 0 Å². The minimum Gasteiger partial charge on any atom is -0.331 e. The normalized spacial score (nSPS) is 11.4. The fourth-order valence-corrected chi connectivity index (χ4v) is 2.24. The number of rotatable bonds is 3. The molecule has 5 nitrogen and oxygen atoms in total. The van der Waals surface area contributed by atoms with Crippen LogP contribution in [-0.2, 0) is 13.5 Å². The first-order chi connectivity index (χ1) is 9.79. The van der Waals surface area contributed by atoms with Crippen molar-refractivity contribution in [2.24, 2.45) is 18.0 Å². The second-order valence-corrected chi connectivity index (χ2v) is 4.54. The predicted molar refractivity (Wildman–Crippen MR) is 86.6 cm³/mol. The number of hydrogen-bond acceptors (Lipinski definition) is 4. The Balaban J connectivity index is 0.00000161. The summed E-state index contributed by atoms with van der Waals surface area (Å²) in [5, 5.41) is 3.87. The van der Waals surface area contributed by atoms with Crippen LogP contribution in [0.15, 0.2) is 53.8 Å². The third kappa shape index (κ3) is 2.87. The Morgan fingerprint density at radius 1 is 1.19 bits per heavy atom. The molecule has 0 fully saturated rings. The van der Waals surface area contributed by atoms with E-state index in [0.29, 0.717) is 6.42 Å². The predicted octanol–water partition coefficient (Wildman–Crippen LogP) is 2.30. The van der Waals surface area contributed by atoms with E-state index in [4.69, 9.17) is 5.84 Å². The first-order valence-electron chi connectivity index (χ1n) is 6.38. The Morgan fingerprint density at radius 3 is 2.62 bits per heavy atom. The lowest BCUT2D eigenvalue weighted by atomic mass is 10.2. The first kappa shape index (κ1) is 15.0. The molecule has 0 aliphatic heterocycles. The van der Waals surface area contributed by atoms with E-state index >= 15 is 0 Å². The Bertz CT molecular complexity index is 764. The minimum absolute atomic E-state index is 0. The molecule has 0 unspecified atom stereocenters. The molecule has 0 radical (unpaired) electrons. The molecule has 0 aliphatic rings. The summed E-state index contributed by atoms with van der Waals surface area (Å²) < 4.78 is 2.06. The van der Waals surface area contributed by atoms with Gasteiger partial charge in [-0.05, 0) is 24.3 Å². The molecule has 0 amide bonds. The molecule has 3 aromatic rings. The van der Waals surface area contributed by atoms with Crippen molar-refractivity contribution in [2.75, 3.05) is 0 Å². The molecular formula is C15H16ClN5. The zero-order valence-corrected chi connectivity index (χ0v) is 12.4. The fourth-order valence-electron chi connectivity index (χ4n) is 2.24. The number of nitrogens with zero attached hydrogens (tertiary/aromatic N) is 4. The van der Waals surface area contributed by atoms with Crippen LogP contribution < -0.4 is 5.84 Å². The highest BCUT2D eigenvalue weighted by atomic mass is 35.5. The van der Waals surface area contributed by atoms with Crippen LogP contribution >= 0.6 is 12.4 Å². The van der Waals surface area contributed by atoms with Crippen molar-refractivity contribution in [1.82, 2.24) is 14.5 Å². The average Bonchev–Trinajstić information content (AvgIpc) is 2.82. The summed E-state index contributed by atoms with van der Waals surface area (Å²) in [6, 6.07) is 13.7. The third-order valence-corrected chi connectivity index (χ3v) is 3.32. The van der Waals surface area contributed by atoms with Gasteiger partial charge >= 0.3 is 0 Å². The van der Waals surface area contributed by atoms with E-state index in [2.05, 4.69) is 19.6 Å². The van der Waals surface area contributed by atoms with E-state index < -0.39 is 0 Å². The maximum Gasteiger partial charge on any atom is 0.115 e. The van der Waals surface area contributed by atoms with Crippen LogP contribution in [0.4, 0.5) is 0 Å². The van der Waals surface area contributed by atoms with Gasteiger partial charge in [0.2, 0.25) is 0 Å². The number of aryl methyl sites for hydroxylation is 1. The number of hydrazone groups is 1. The van der Waals surface area contributed by atoms with Gasteiger partial charge in [0.25, 0.3) is 0 Å². The quantitative estimate of drug-likeness (QED) is 0.458. The number of hydrogen-bond donors (Lipinski definition) is 1. The van der Waals surface area contributed by atoms with E-state index in [1.54, 1.807) is 6.20 Å². The van der Waals surface area contributed by atoms with Gasteiger partial charge in [0.05, 0.1) is 28.9 Å². The van der Waals surface area contributed by atoms with E-state index in [-0.39, 0.29) is 12.4 Å². The highest BCUT2D eigenvalue weighted by Gasteiger charge is 2.12. The summed E-state index contributed by atoms with van der Waals surface area (Å²) in [7, 11) is 2.00. The van der Waals surface area contributed by atoms with Gasteiger partial charge in [-0.25, -0.2) is 4.98 Å². The zero-order valence-electron chi connectivity index (χ0n) is 11.6. The molecular weight excluding hydrogens is 286 g/mol. The van der Waals surface area contributed by atoms with Gasteiger partial charge in [0.15, 0.2) is 0 Å². The molecule has 2 heterocycles. The molecule has 2 N–H and O–H groups in total. The van der Waals surface area contributed by atoms with E-state index in [0.717, 1.165) is 28.3 Å². The number of aromatic nitrogens is 3. The molecule has 6 heteroatoms. The molecule has 0 aliphatic carbocycles. The number of imidazole rings is 1. The summed E-state index contributed by atoms with van der Waals surface area (Å²) in [5.41, 5.74) is 3.58. The van der Waals surface area contributed by atoms with Crippen LogP contribution in [0.1, 0.15) is 11.5 Å². The van der Waals surface area contributed by atoms with Crippen molar-refractivity contribution in [3.8, 4) is 0 Å². The topological polar surface area (TPSA) is 69.1 Å². The van der Waals surface area contributed by atoms with Crippen LogP contribution in [0, 0.1) is 0 Å². The second kappa shape index (κ2) is 6.37. The van der Waals surface area contributed by atoms with E-state index in [1.165, 1.54) is 0 Å². The number of fused-ring (bicyclic) bond motifs is 1.